The number of rotatable bonds is 47. The van der Waals surface area contributed by atoms with Gasteiger partial charge in [-0.2, -0.15) is 11.8 Å². The second-order valence-electron chi connectivity index (χ2n) is 26.8. The number of likely N-dealkylation sites (N-methyl/N-ethyl adjacent to an activating group) is 1. The number of primary amides is 2. The number of hydrogen-bond acceptors (Lipinski definition) is 24. The zero-order chi connectivity index (χ0) is 80.3. The molecule has 4 rings (SSSR count). The highest BCUT2D eigenvalue weighted by atomic mass is 32.2. The lowest BCUT2D eigenvalue weighted by atomic mass is 10.0. The largest absolute Gasteiger partial charge is 0.394 e. The number of para-hydroxylation sites is 1. The Morgan fingerprint density at radius 2 is 1.24 bits per heavy atom. The van der Waals surface area contributed by atoms with Crippen LogP contribution in [0.15, 0.2) is 43.0 Å². The molecule has 3 heterocycles. The van der Waals surface area contributed by atoms with Gasteiger partial charge in [0.2, 0.25) is 94.5 Å². The molecule has 1 fully saturated rings. The number of nitrogens with one attached hydrogen (secondary N) is 15. The molecule has 0 bridgehead atoms. The van der Waals surface area contributed by atoms with Crippen molar-refractivity contribution >= 4 is 129 Å². The fourth-order valence-electron chi connectivity index (χ4n) is 10.9. The number of aliphatic hydroxyl groups is 1. The van der Waals surface area contributed by atoms with E-state index in [9.17, 15) is 81.8 Å². The highest BCUT2D eigenvalue weighted by molar-refractivity contribution is 7.99. The van der Waals surface area contributed by atoms with E-state index in [-0.39, 0.29) is 94.8 Å². The predicted molar refractivity (Wildman–Crippen MR) is 399 cm³/mol. The Labute approximate surface area is 633 Å². The maximum atomic E-state index is 14.5. The smallest absolute Gasteiger partial charge is 0.245 e. The third-order valence-corrected chi connectivity index (χ3v) is 18.3. The molecule has 0 spiro atoms. The van der Waals surface area contributed by atoms with Crippen LogP contribution in [0.1, 0.15) is 78.5 Å². The van der Waals surface area contributed by atoms with E-state index in [1.165, 1.54) is 43.0 Å². The molecular weight excluding hydrogens is 1450 g/mol. The molecule has 0 saturated carbocycles. The molecule has 3 aromatic rings. The van der Waals surface area contributed by atoms with E-state index in [1.54, 1.807) is 68.2 Å². The van der Waals surface area contributed by atoms with Gasteiger partial charge in [-0.15, -0.1) is 11.8 Å². The number of hydrogen-bond donors (Lipinski definition) is 19. The van der Waals surface area contributed by atoms with Gasteiger partial charge >= 0.3 is 0 Å². The van der Waals surface area contributed by atoms with Gasteiger partial charge in [0.25, 0.3) is 0 Å². The van der Waals surface area contributed by atoms with Crippen LogP contribution >= 0.6 is 23.5 Å². The summed E-state index contributed by atoms with van der Waals surface area (Å²) in [5.41, 5.74) is 18.8. The maximum absolute atomic E-state index is 14.5. The summed E-state index contributed by atoms with van der Waals surface area (Å²) in [6.45, 7) is 7.00. The number of nitrogens with two attached hydrogens (primary N) is 3. The van der Waals surface area contributed by atoms with E-state index in [0.29, 0.717) is 27.9 Å². The molecule has 41 heteroatoms. The summed E-state index contributed by atoms with van der Waals surface area (Å²) in [4.78, 5) is 228. The third kappa shape index (κ3) is 31.9. The number of carbonyl (C=O) groups excluding carboxylic acids is 16. The summed E-state index contributed by atoms with van der Waals surface area (Å²) >= 11 is 2.53. The number of nitrogens with zero attached hydrogens (tertiary/aromatic N) is 4. The molecule has 1 saturated heterocycles. The van der Waals surface area contributed by atoms with Crippen LogP contribution in [0, 0.1) is 11.8 Å². The topological polar surface area (TPSA) is 582 Å². The first-order valence-electron chi connectivity index (χ1n) is 35.1. The number of amides is 16. The minimum Gasteiger partial charge on any atom is -0.394 e. The number of imidazole rings is 1. The van der Waals surface area contributed by atoms with Gasteiger partial charge in [0.15, 0.2) is 0 Å². The van der Waals surface area contributed by atoms with E-state index in [1.807, 2.05) is 20.1 Å². The molecule has 1 aromatic carbocycles. The van der Waals surface area contributed by atoms with Gasteiger partial charge < -0.3 is 101 Å². The zero-order valence-electron chi connectivity index (χ0n) is 62.2. The molecular formula is C67H106N22O17S2. The Bertz CT molecular complexity index is 3570. The molecule has 2 aromatic heterocycles. The Morgan fingerprint density at radius 3 is 1.85 bits per heavy atom. The van der Waals surface area contributed by atoms with Crippen LogP contribution in [-0.2, 0) is 89.6 Å². The number of piperazine rings is 1. The number of benzene rings is 1. The van der Waals surface area contributed by atoms with E-state index in [2.05, 4.69) is 84.1 Å². The average molecular weight is 1560 g/mol. The number of H-pyrrole nitrogens is 2. The van der Waals surface area contributed by atoms with Crippen LogP contribution in [0.3, 0.4) is 0 Å². The minimum absolute atomic E-state index is 0.0746. The summed E-state index contributed by atoms with van der Waals surface area (Å²) in [6.07, 6.45) is 5.56. The molecule has 1 aliphatic heterocycles. The standard InChI is InChI=1S/C67H106N22O17S2/c1-36(2)22-46(63(102)81-44(58(70)97)16-21-107-9)82-64(103)48(24-41-27-71-34-75-41)79-53(93)28-73-67(106)57(37(3)4)86-59(98)38(5)77-62(101)47(23-40-26-72-43-13-11-10-12-42(40)43)83-61(100)45(14-15-52(69)92)78-49(25-68)65(104)85-55(95)31-88-17-19-89(20-18-88)56(96)29-74-60(99)51(33-108-35-76-39(6)91)84-66(105)50(32-90)80-54(94)30-87(7)8/h10-13,26-27,34,36-38,44-51,57,72,78,90H,14-25,28-33,35,68H2,1-9H3,(H2,69,92)(H2,70,97)(H,71,75)(H,73,106)(H,74,99)(H,76,91)(H,77,101)(H,79,93)(H,80,94)(H,81,102)(H,82,103)(H,83,100)(H,84,105)(H,86,98)(H,85,95,104)/t38-,44-,45-,46-,47-,48-,49?,50-,51-,57-/m0/s1. The molecule has 22 N–H and O–H groups in total. The quantitative estimate of drug-likeness (QED) is 0.0184. The Morgan fingerprint density at radius 1 is 0.630 bits per heavy atom. The Kier molecular flexibility index (Phi) is 38.9. The van der Waals surface area contributed by atoms with Crippen molar-refractivity contribution in [3.05, 3.63) is 54.2 Å². The lowest BCUT2D eigenvalue weighted by Crippen LogP contribution is -2.61. The second kappa shape index (κ2) is 46.4. The number of aromatic amines is 2. The van der Waals surface area contributed by atoms with E-state index in [4.69, 9.17) is 17.2 Å². The van der Waals surface area contributed by atoms with E-state index >= 15 is 0 Å². The first kappa shape index (κ1) is 90.6. The zero-order valence-corrected chi connectivity index (χ0v) is 63.9. The van der Waals surface area contributed by atoms with Crippen molar-refractivity contribution in [3.63, 3.8) is 0 Å². The van der Waals surface area contributed by atoms with Gasteiger partial charge in [-0.1, -0.05) is 45.9 Å². The second-order valence-corrected chi connectivity index (χ2v) is 28.8. The van der Waals surface area contributed by atoms with Gasteiger partial charge in [-0.05, 0) is 75.8 Å². The molecule has 16 amide bonds. The summed E-state index contributed by atoms with van der Waals surface area (Å²) in [5.74, 6) is -12.4. The molecule has 108 heavy (non-hydrogen) atoms. The van der Waals surface area contributed by atoms with Crippen molar-refractivity contribution in [1.82, 2.24) is 98.8 Å². The summed E-state index contributed by atoms with van der Waals surface area (Å²) in [5, 5.41) is 43.7. The monoisotopic (exact) mass is 1550 g/mol. The van der Waals surface area contributed by atoms with Crippen LogP contribution in [0.25, 0.3) is 10.9 Å². The first-order valence-corrected chi connectivity index (χ1v) is 37.6. The Hall–Kier alpha value is -9.81. The maximum Gasteiger partial charge on any atom is 0.245 e. The molecule has 1 unspecified atom stereocenters. The number of thioether (sulfide) groups is 2. The molecule has 598 valence electrons. The average Bonchev–Trinajstić information content (AvgIpc) is 1.72. The summed E-state index contributed by atoms with van der Waals surface area (Å²) in [6, 6.07) is -6.22. The van der Waals surface area contributed by atoms with Crippen molar-refractivity contribution in [2.24, 2.45) is 29.0 Å². The van der Waals surface area contributed by atoms with Gasteiger partial charge in [0.05, 0.1) is 51.0 Å². The van der Waals surface area contributed by atoms with Crippen molar-refractivity contribution in [1.29, 1.82) is 0 Å². The van der Waals surface area contributed by atoms with Crippen LogP contribution in [-0.4, -0.2) is 293 Å². The van der Waals surface area contributed by atoms with E-state index < -0.39 is 188 Å². The van der Waals surface area contributed by atoms with Crippen molar-refractivity contribution < 1.29 is 81.8 Å². The number of fused-ring (bicyclic) bond motifs is 1. The van der Waals surface area contributed by atoms with Crippen molar-refractivity contribution in [2.75, 3.05) is 103 Å². The molecule has 10 atom stereocenters. The highest BCUT2D eigenvalue weighted by Gasteiger charge is 2.36. The van der Waals surface area contributed by atoms with Crippen LogP contribution in [0.2, 0.25) is 0 Å². The molecule has 0 aliphatic carbocycles. The molecule has 0 radical (unpaired) electrons. The first-order chi connectivity index (χ1) is 51.1. The van der Waals surface area contributed by atoms with Crippen LogP contribution < -0.4 is 86.3 Å². The van der Waals surface area contributed by atoms with Crippen LogP contribution in [0.5, 0.6) is 0 Å². The number of imide groups is 1. The minimum atomic E-state index is -1.49. The van der Waals surface area contributed by atoms with Crippen molar-refractivity contribution in [3.8, 4) is 0 Å². The fourth-order valence-corrected chi connectivity index (χ4v) is 12.3. The highest BCUT2D eigenvalue weighted by Crippen LogP contribution is 2.20. The van der Waals surface area contributed by atoms with Gasteiger partial charge in [0.1, 0.15) is 54.4 Å². The third-order valence-electron chi connectivity index (χ3n) is 16.7. The van der Waals surface area contributed by atoms with Gasteiger partial charge in [-0.3, -0.25) is 92.2 Å². The summed E-state index contributed by atoms with van der Waals surface area (Å²) < 4.78 is 0. The lowest BCUT2D eigenvalue weighted by Gasteiger charge is -2.34. The predicted octanol–water partition coefficient (Wildman–Crippen LogP) is -7.53. The molecule has 39 nitrogen and oxygen atoms in total. The molecule has 1 aliphatic rings. The van der Waals surface area contributed by atoms with Crippen LogP contribution in [0.4, 0.5) is 0 Å². The van der Waals surface area contributed by atoms with Gasteiger partial charge in [0, 0.05) is 93.7 Å². The number of aromatic nitrogens is 3. The Balaban J connectivity index is 1.40. The summed E-state index contributed by atoms with van der Waals surface area (Å²) in [7, 11) is 3.25. The van der Waals surface area contributed by atoms with Gasteiger partial charge in [-0.25, -0.2) is 4.98 Å². The lowest BCUT2D eigenvalue weighted by molar-refractivity contribution is -0.136. The fraction of sp³-hybridized carbons (Fsp3) is 0.597. The van der Waals surface area contributed by atoms with E-state index in [0.717, 1.165) is 11.8 Å². The number of aliphatic hydroxyl groups excluding tert-OH is 1. The number of carbonyl (C=O) groups is 16. The normalized spacial score (nSPS) is 15.1. The SMILES string of the molecule is CSCC[C@H](NC(=O)[C@H](CC(C)C)NC(=O)[C@H](Cc1cnc[nH]1)NC(=O)CNC(=O)[C@@H](NC(=O)[C@H](C)NC(=O)[C@H](Cc1c[nH]c2ccccc12)NC(=O)[C@H](CCC(N)=O)NC(CN)C(=O)NC(=O)CN1CCN(C(=O)CNC(=O)[C@H](CSCNC(C)=O)NC(=O)[C@H](CO)NC(=O)CN(C)C)CC1)C(C)C)C(N)=O. The van der Waals surface area contributed by atoms with Crippen molar-refractivity contribution in [2.45, 2.75) is 140 Å².